The number of hydrogen-bond donors (Lipinski definition) is 0. The van der Waals surface area contributed by atoms with Crippen LogP contribution < -0.4 is 0 Å². The largest absolute Gasteiger partial charge is 0.336 e. The molecule has 2 saturated heterocycles. The van der Waals surface area contributed by atoms with E-state index in [0.29, 0.717) is 19.4 Å². The van der Waals surface area contributed by atoms with E-state index in [4.69, 9.17) is 0 Å². The van der Waals surface area contributed by atoms with E-state index in [0.717, 1.165) is 0 Å². The average molecular weight is 266 g/mol. The summed E-state index contributed by atoms with van der Waals surface area (Å²) in [5.74, 6) is 0.598. The second kappa shape index (κ2) is 4.22. The number of piperidine rings is 1. The molecule has 2 atom stereocenters. The van der Waals surface area contributed by atoms with E-state index in [2.05, 4.69) is 41.5 Å². The van der Waals surface area contributed by atoms with Crippen LogP contribution in [0.3, 0.4) is 0 Å². The van der Waals surface area contributed by atoms with E-state index in [1.165, 1.54) is 0 Å². The van der Waals surface area contributed by atoms with E-state index in [-0.39, 0.29) is 34.9 Å². The molecule has 0 N–H and O–H groups in total. The Morgan fingerprint density at radius 3 is 1.89 bits per heavy atom. The van der Waals surface area contributed by atoms with Crippen molar-refractivity contribution in [2.45, 2.75) is 71.5 Å². The van der Waals surface area contributed by atoms with Gasteiger partial charge in [-0.25, -0.2) is 0 Å². The zero-order valence-corrected chi connectivity index (χ0v) is 13.0. The van der Waals surface area contributed by atoms with Gasteiger partial charge in [-0.1, -0.05) is 0 Å². The molecule has 4 heteroatoms. The smallest absolute Gasteiger partial charge is 0.223 e. The van der Waals surface area contributed by atoms with Gasteiger partial charge in [-0.2, -0.15) is 0 Å². The summed E-state index contributed by atoms with van der Waals surface area (Å²) >= 11 is 0. The molecule has 4 nitrogen and oxygen atoms in total. The highest BCUT2D eigenvalue weighted by molar-refractivity contribution is 5.84. The molecule has 0 aromatic rings. The van der Waals surface area contributed by atoms with Gasteiger partial charge in [0.15, 0.2) is 0 Å². The summed E-state index contributed by atoms with van der Waals surface area (Å²) < 4.78 is 0. The number of fused-ring (bicyclic) bond motifs is 1. The Hall–Kier alpha value is -1.06. The Morgan fingerprint density at radius 1 is 0.895 bits per heavy atom. The van der Waals surface area contributed by atoms with Gasteiger partial charge < -0.3 is 9.80 Å². The predicted molar refractivity (Wildman–Crippen MR) is 74.6 cm³/mol. The van der Waals surface area contributed by atoms with Crippen LogP contribution in [0.15, 0.2) is 0 Å². The monoisotopic (exact) mass is 266 g/mol. The highest BCUT2D eigenvalue weighted by atomic mass is 16.2. The van der Waals surface area contributed by atoms with Gasteiger partial charge in [-0.3, -0.25) is 9.59 Å². The van der Waals surface area contributed by atoms with Crippen molar-refractivity contribution in [2.75, 3.05) is 6.54 Å². The van der Waals surface area contributed by atoms with Crippen LogP contribution in [0.1, 0.15) is 54.4 Å². The van der Waals surface area contributed by atoms with Gasteiger partial charge in [-0.15, -0.1) is 0 Å². The van der Waals surface area contributed by atoms with Crippen molar-refractivity contribution in [3.05, 3.63) is 0 Å². The van der Waals surface area contributed by atoms with Gasteiger partial charge in [-0.05, 0) is 47.5 Å². The Kier molecular flexibility index (Phi) is 3.19. The van der Waals surface area contributed by atoms with Crippen LogP contribution in [0.5, 0.6) is 0 Å². The number of carbonyl (C=O) groups excluding carboxylic acids is 2. The molecule has 2 heterocycles. The van der Waals surface area contributed by atoms with Gasteiger partial charge in [0.1, 0.15) is 0 Å². The van der Waals surface area contributed by atoms with Gasteiger partial charge in [0.25, 0.3) is 0 Å². The minimum Gasteiger partial charge on any atom is -0.336 e. The van der Waals surface area contributed by atoms with E-state index >= 15 is 0 Å². The van der Waals surface area contributed by atoms with E-state index in [9.17, 15) is 9.59 Å². The van der Waals surface area contributed by atoms with E-state index in [1.807, 2.05) is 9.80 Å². The molecule has 0 spiro atoms. The summed E-state index contributed by atoms with van der Waals surface area (Å²) in [6.07, 6.45) is 1.05. The summed E-state index contributed by atoms with van der Waals surface area (Å²) in [7, 11) is 0. The number of likely N-dealkylation sites (tertiary alicyclic amines) is 2. The van der Waals surface area contributed by atoms with E-state index < -0.39 is 0 Å². The third-order valence-corrected chi connectivity index (χ3v) is 4.22. The molecule has 0 bridgehead atoms. The lowest BCUT2D eigenvalue weighted by Gasteiger charge is -2.47. The SMILES string of the molecule is CC(C)(C)N1CC2C(CC1=O)CC(=O)N2C(C)(C)C. The molecular formula is C15H26N2O2. The Labute approximate surface area is 116 Å². The first-order valence-corrected chi connectivity index (χ1v) is 7.14. The van der Waals surface area contributed by atoms with Crippen molar-refractivity contribution < 1.29 is 9.59 Å². The molecule has 2 unspecified atom stereocenters. The maximum atomic E-state index is 12.2. The second-order valence-electron chi connectivity index (χ2n) is 7.85. The molecule has 0 radical (unpaired) electrons. The fourth-order valence-corrected chi connectivity index (χ4v) is 3.44. The fourth-order valence-electron chi connectivity index (χ4n) is 3.44. The van der Waals surface area contributed by atoms with Crippen molar-refractivity contribution >= 4 is 11.8 Å². The number of hydrogen-bond acceptors (Lipinski definition) is 2. The van der Waals surface area contributed by atoms with Crippen LogP contribution >= 0.6 is 0 Å². The number of amides is 2. The minimum absolute atomic E-state index is 0.166. The molecule has 0 aliphatic carbocycles. The Bertz CT molecular complexity index is 401. The molecule has 0 aromatic heterocycles. The van der Waals surface area contributed by atoms with Crippen molar-refractivity contribution in [3.8, 4) is 0 Å². The number of carbonyl (C=O) groups is 2. The maximum absolute atomic E-state index is 12.2. The van der Waals surface area contributed by atoms with E-state index in [1.54, 1.807) is 0 Å². The highest BCUT2D eigenvalue weighted by Gasteiger charge is 2.50. The Balaban J connectivity index is 2.28. The fraction of sp³-hybridized carbons (Fsp3) is 0.867. The standard InChI is InChI=1S/C15H26N2O2/c1-14(2,3)16-9-11-10(7-12(16)18)8-13(19)17(11)15(4,5)6/h10-11H,7-9H2,1-6H3. The topological polar surface area (TPSA) is 40.6 Å². The highest BCUT2D eigenvalue weighted by Crippen LogP contribution is 2.38. The maximum Gasteiger partial charge on any atom is 0.223 e. The van der Waals surface area contributed by atoms with Gasteiger partial charge >= 0.3 is 0 Å². The summed E-state index contributed by atoms with van der Waals surface area (Å²) in [5.41, 5.74) is -0.336. The second-order valence-corrected chi connectivity index (χ2v) is 7.85. The van der Waals surface area contributed by atoms with Crippen molar-refractivity contribution in [3.63, 3.8) is 0 Å². The van der Waals surface area contributed by atoms with Crippen molar-refractivity contribution in [1.29, 1.82) is 0 Å². The minimum atomic E-state index is -0.169. The lowest BCUT2D eigenvalue weighted by atomic mass is 9.88. The first kappa shape index (κ1) is 14.4. The van der Waals surface area contributed by atoms with Gasteiger partial charge in [0, 0.05) is 30.5 Å². The van der Waals surface area contributed by atoms with Gasteiger partial charge in [0.05, 0.1) is 6.04 Å². The molecule has 19 heavy (non-hydrogen) atoms. The van der Waals surface area contributed by atoms with Crippen LogP contribution in [-0.4, -0.2) is 45.3 Å². The van der Waals surface area contributed by atoms with Crippen LogP contribution in [0, 0.1) is 5.92 Å². The van der Waals surface area contributed by atoms with Crippen LogP contribution in [0.25, 0.3) is 0 Å². The number of nitrogens with zero attached hydrogens (tertiary/aromatic N) is 2. The molecule has 2 rings (SSSR count). The zero-order valence-electron chi connectivity index (χ0n) is 13.0. The van der Waals surface area contributed by atoms with Crippen LogP contribution in [0.2, 0.25) is 0 Å². The summed E-state index contributed by atoms with van der Waals surface area (Å²) in [6, 6.07) is 0.185. The summed E-state index contributed by atoms with van der Waals surface area (Å²) in [5, 5.41) is 0. The zero-order chi connectivity index (χ0) is 14.6. The third-order valence-electron chi connectivity index (χ3n) is 4.22. The molecule has 108 valence electrons. The molecule has 2 amide bonds. The normalized spacial score (nSPS) is 28.9. The summed E-state index contributed by atoms with van der Waals surface area (Å²) in [4.78, 5) is 28.4. The molecule has 2 aliphatic heterocycles. The lowest BCUT2D eigenvalue weighted by molar-refractivity contribution is -0.145. The average Bonchev–Trinajstić information content (AvgIpc) is 2.49. The summed E-state index contributed by atoms with van der Waals surface area (Å²) in [6.45, 7) is 13.1. The van der Waals surface area contributed by atoms with Crippen molar-refractivity contribution in [1.82, 2.24) is 9.80 Å². The first-order valence-electron chi connectivity index (χ1n) is 7.14. The third kappa shape index (κ3) is 2.49. The lowest BCUT2D eigenvalue weighted by Crippen LogP contribution is -2.59. The molecule has 2 fully saturated rings. The molecule has 0 saturated carbocycles. The quantitative estimate of drug-likeness (QED) is 0.673. The molecule has 2 aliphatic rings. The van der Waals surface area contributed by atoms with Gasteiger partial charge in [0.2, 0.25) is 11.8 Å². The van der Waals surface area contributed by atoms with Crippen LogP contribution in [0.4, 0.5) is 0 Å². The molecular weight excluding hydrogens is 240 g/mol. The predicted octanol–water partition coefficient (Wildman–Crippen LogP) is 2.03. The first-order chi connectivity index (χ1) is 8.51. The van der Waals surface area contributed by atoms with Crippen LogP contribution in [-0.2, 0) is 9.59 Å². The Morgan fingerprint density at radius 2 is 1.42 bits per heavy atom. The number of rotatable bonds is 0. The van der Waals surface area contributed by atoms with Crippen molar-refractivity contribution in [2.24, 2.45) is 5.92 Å². The molecule has 0 aromatic carbocycles.